The lowest BCUT2D eigenvalue weighted by Crippen LogP contribution is -2.05. The quantitative estimate of drug-likeness (QED) is 0.694. The molecule has 0 amide bonds. The molecule has 2 heterocycles. The number of imidazole rings is 1. The van der Waals surface area contributed by atoms with Gasteiger partial charge in [0.2, 0.25) is 5.56 Å². The van der Waals surface area contributed by atoms with Gasteiger partial charge in [0.25, 0.3) is 0 Å². The molecule has 0 atom stereocenters. The van der Waals surface area contributed by atoms with E-state index in [2.05, 4.69) is 15.0 Å². The largest absolute Gasteiger partial charge is 0.496 e. The summed E-state index contributed by atoms with van der Waals surface area (Å²) in [6, 6.07) is 7.58. The molecule has 120 valence electrons. The molecule has 1 aromatic carbocycles. The maximum atomic E-state index is 11.3. The Morgan fingerprint density at radius 3 is 2.61 bits per heavy atom. The predicted octanol–water partition coefficient (Wildman–Crippen LogP) is 1.27. The van der Waals surface area contributed by atoms with E-state index >= 15 is 0 Å². The van der Waals surface area contributed by atoms with Crippen molar-refractivity contribution in [2.75, 3.05) is 13.4 Å². The Morgan fingerprint density at radius 1 is 1.13 bits per heavy atom. The van der Waals surface area contributed by atoms with Crippen molar-refractivity contribution in [3.63, 3.8) is 0 Å². The lowest BCUT2D eigenvalue weighted by atomic mass is 10.2. The molecular formula is C14H13N3O5S. The highest BCUT2D eigenvalue weighted by Gasteiger charge is 2.14. The van der Waals surface area contributed by atoms with E-state index in [4.69, 9.17) is 8.92 Å². The number of nitrogens with one attached hydrogen (secondary N) is 2. The average molecular weight is 335 g/mol. The minimum Gasteiger partial charge on any atom is -0.496 e. The van der Waals surface area contributed by atoms with Crippen molar-refractivity contribution in [2.45, 2.75) is 0 Å². The smallest absolute Gasteiger partial charge is 0.306 e. The molecule has 0 aliphatic carbocycles. The highest BCUT2D eigenvalue weighted by molar-refractivity contribution is 7.86. The second-order valence-corrected chi connectivity index (χ2v) is 6.39. The summed E-state index contributed by atoms with van der Waals surface area (Å²) in [6.07, 6.45) is 0.961. The van der Waals surface area contributed by atoms with Gasteiger partial charge in [-0.1, -0.05) is 0 Å². The highest BCUT2D eigenvalue weighted by atomic mass is 32.2. The molecule has 9 heteroatoms. The molecule has 3 rings (SSSR count). The molecule has 2 aromatic heterocycles. The van der Waals surface area contributed by atoms with Crippen molar-refractivity contribution in [1.29, 1.82) is 0 Å². The van der Waals surface area contributed by atoms with Crippen molar-refractivity contribution in [1.82, 2.24) is 15.0 Å². The topological polar surface area (TPSA) is 114 Å². The summed E-state index contributed by atoms with van der Waals surface area (Å²) in [5.41, 5.74) is 1.44. The van der Waals surface area contributed by atoms with E-state index in [1.807, 2.05) is 0 Å². The summed E-state index contributed by atoms with van der Waals surface area (Å²) in [5.74, 6) is 0.995. The maximum Gasteiger partial charge on any atom is 0.306 e. The first kappa shape index (κ1) is 15.1. The molecule has 2 N–H and O–H groups in total. The third kappa shape index (κ3) is 3.19. The summed E-state index contributed by atoms with van der Waals surface area (Å²) >= 11 is 0. The van der Waals surface area contributed by atoms with Crippen LogP contribution in [0.2, 0.25) is 0 Å². The summed E-state index contributed by atoms with van der Waals surface area (Å²) < 4.78 is 32.5. The van der Waals surface area contributed by atoms with Gasteiger partial charge >= 0.3 is 10.1 Å². The zero-order valence-corrected chi connectivity index (χ0v) is 13.1. The molecule has 0 unspecified atom stereocenters. The predicted molar refractivity (Wildman–Crippen MR) is 84.2 cm³/mol. The van der Waals surface area contributed by atoms with Gasteiger partial charge in [-0.05, 0) is 18.2 Å². The SMILES string of the molecule is COc1cc(OS(C)(=O)=O)ccc1-c1nc2[nH]c(=O)ccc2[nH]1. The van der Waals surface area contributed by atoms with E-state index in [0.29, 0.717) is 28.3 Å². The van der Waals surface area contributed by atoms with Gasteiger partial charge in [0.1, 0.15) is 17.3 Å². The van der Waals surface area contributed by atoms with Crippen LogP contribution in [0.1, 0.15) is 0 Å². The first-order valence-corrected chi connectivity index (χ1v) is 8.34. The Kier molecular flexibility index (Phi) is 3.57. The number of rotatable bonds is 4. The third-order valence-electron chi connectivity index (χ3n) is 3.05. The molecule has 0 bridgehead atoms. The van der Waals surface area contributed by atoms with Crippen LogP contribution in [-0.4, -0.2) is 36.7 Å². The summed E-state index contributed by atoms with van der Waals surface area (Å²) in [5, 5.41) is 0. The maximum absolute atomic E-state index is 11.3. The summed E-state index contributed by atoms with van der Waals surface area (Å²) in [6.45, 7) is 0. The number of fused-ring (bicyclic) bond motifs is 1. The Bertz CT molecular complexity index is 1040. The lowest BCUT2D eigenvalue weighted by Gasteiger charge is -2.09. The fourth-order valence-corrected chi connectivity index (χ4v) is 2.59. The Balaban J connectivity index is 2.08. The van der Waals surface area contributed by atoms with E-state index in [9.17, 15) is 13.2 Å². The summed E-state index contributed by atoms with van der Waals surface area (Å²) in [7, 11) is -2.17. The van der Waals surface area contributed by atoms with Gasteiger partial charge < -0.3 is 18.9 Å². The Labute approximate surface area is 131 Å². The number of benzene rings is 1. The zero-order chi connectivity index (χ0) is 16.6. The average Bonchev–Trinajstić information content (AvgIpc) is 2.88. The normalized spacial score (nSPS) is 11.6. The molecule has 0 saturated heterocycles. The van der Waals surface area contributed by atoms with Crippen LogP contribution in [0.15, 0.2) is 35.1 Å². The summed E-state index contributed by atoms with van der Waals surface area (Å²) in [4.78, 5) is 21.3. The van der Waals surface area contributed by atoms with Crippen LogP contribution >= 0.6 is 0 Å². The van der Waals surface area contributed by atoms with E-state index < -0.39 is 10.1 Å². The van der Waals surface area contributed by atoms with Crippen molar-refractivity contribution in [2.24, 2.45) is 0 Å². The molecule has 0 radical (unpaired) electrons. The number of hydrogen-bond acceptors (Lipinski definition) is 6. The molecule has 8 nitrogen and oxygen atoms in total. The fraction of sp³-hybridized carbons (Fsp3) is 0.143. The van der Waals surface area contributed by atoms with Crippen molar-refractivity contribution < 1.29 is 17.3 Å². The number of hydrogen-bond donors (Lipinski definition) is 2. The molecule has 0 aliphatic heterocycles. The van der Waals surface area contributed by atoms with Crippen LogP contribution in [0.4, 0.5) is 0 Å². The number of nitrogens with zero attached hydrogens (tertiary/aromatic N) is 1. The number of methoxy groups -OCH3 is 1. The number of ether oxygens (including phenoxy) is 1. The first-order chi connectivity index (χ1) is 10.9. The van der Waals surface area contributed by atoms with Gasteiger partial charge in [0.05, 0.1) is 24.4 Å². The second-order valence-electron chi connectivity index (χ2n) is 4.82. The number of aromatic amines is 2. The molecule has 3 aromatic rings. The zero-order valence-electron chi connectivity index (χ0n) is 12.3. The number of aromatic nitrogens is 3. The van der Waals surface area contributed by atoms with Crippen LogP contribution in [0, 0.1) is 0 Å². The molecule has 0 spiro atoms. The van der Waals surface area contributed by atoms with Crippen molar-refractivity contribution in [3.8, 4) is 22.9 Å². The van der Waals surface area contributed by atoms with Crippen LogP contribution < -0.4 is 14.5 Å². The number of pyridine rings is 1. The monoisotopic (exact) mass is 335 g/mol. The Hall–Kier alpha value is -2.81. The van der Waals surface area contributed by atoms with E-state index in [1.165, 1.54) is 25.3 Å². The molecule has 0 aliphatic rings. The van der Waals surface area contributed by atoms with E-state index in [0.717, 1.165) is 6.26 Å². The molecular weight excluding hydrogens is 322 g/mol. The fourth-order valence-electron chi connectivity index (χ4n) is 2.14. The third-order valence-corrected chi connectivity index (χ3v) is 3.55. The van der Waals surface area contributed by atoms with Gasteiger partial charge in [0, 0.05) is 12.1 Å². The van der Waals surface area contributed by atoms with Crippen LogP contribution in [0.25, 0.3) is 22.6 Å². The second kappa shape index (κ2) is 5.43. The van der Waals surface area contributed by atoms with Crippen LogP contribution in [0.5, 0.6) is 11.5 Å². The van der Waals surface area contributed by atoms with E-state index in [1.54, 1.807) is 12.1 Å². The Morgan fingerprint density at radius 2 is 1.91 bits per heavy atom. The highest BCUT2D eigenvalue weighted by Crippen LogP contribution is 2.32. The minimum absolute atomic E-state index is 0.137. The minimum atomic E-state index is -3.62. The molecule has 0 saturated carbocycles. The standard InChI is InChI=1S/C14H13N3O5S/c1-21-11-7-8(22-23(2,19)20)3-4-9(11)13-15-10-5-6-12(18)16-14(10)17-13/h3-7H,1-2H3,(H2,15,16,17,18). The van der Waals surface area contributed by atoms with Crippen molar-refractivity contribution >= 4 is 21.3 Å². The van der Waals surface area contributed by atoms with Gasteiger partial charge in [-0.25, -0.2) is 4.98 Å². The first-order valence-electron chi connectivity index (χ1n) is 6.52. The molecule has 23 heavy (non-hydrogen) atoms. The van der Waals surface area contributed by atoms with Gasteiger partial charge in [-0.2, -0.15) is 8.42 Å². The number of H-pyrrole nitrogens is 2. The molecule has 0 fully saturated rings. The van der Waals surface area contributed by atoms with Crippen LogP contribution in [0.3, 0.4) is 0 Å². The lowest BCUT2D eigenvalue weighted by molar-refractivity contribution is 0.413. The van der Waals surface area contributed by atoms with E-state index in [-0.39, 0.29) is 11.3 Å². The van der Waals surface area contributed by atoms with Crippen molar-refractivity contribution in [3.05, 3.63) is 40.7 Å². The van der Waals surface area contributed by atoms with Gasteiger partial charge in [-0.3, -0.25) is 4.79 Å². The van der Waals surface area contributed by atoms with Gasteiger partial charge in [0.15, 0.2) is 5.65 Å². The van der Waals surface area contributed by atoms with Gasteiger partial charge in [-0.15, -0.1) is 0 Å². The van der Waals surface area contributed by atoms with Crippen LogP contribution in [-0.2, 0) is 10.1 Å².